The molecular formula is C15H25ClN2OS. The highest BCUT2D eigenvalue weighted by Gasteiger charge is 2.34. The lowest BCUT2D eigenvalue weighted by atomic mass is 9.90. The minimum Gasteiger partial charge on any atom is -0.342 e. The quantitative estimate of drug-likeness (QED) is 0.907. The number of nitrogens with two attached hydrogens (primary N) is 1. The molecule has 0 spiro atoms. The number of likely N-dealkylation sites (tertiary alicyclic amines) is 1. The fourth-order valence-corrected chi connectivity index (χ4v) is 3.53. The normalized spacial score (nSPS) is 21.9. The van der Waals surface area contributed by atoms with E-state index in [0.29, 0.717) is 18.9 Å². The first-order valence-electron chi connectivity index (χ1n) is 7.06. The van der Waals surface area contributed by atoms with Crippen LogP contribution in [0.25, 0.3) is 0 Å². The highest BCUT2D eigenvalue weighted by molar-refractivity contribution is 7.11. The van der Waals surface area contributed by atoms with Crippen LogP contribution in [0.3, 0.4) is 0 Å². The molecule has 20 heavy (non-hydrogen) atoms. The van der Waals surface area contributed by atoms with Gasteiger partial charge in [-0.3, -0.25) is 4.79 Å². The molecule has 0 radical (unpaired) electrons. The SMILES string of the molecule is Cc1ccc(CCCC(=O)N2CCC(C)(CN)C2)s1.Cl. The van der Waals surface area contributed by atoms with Gasteiger partial charge in [-0.15, -0.1) is 23.7 Å². The van der Waals surface area contributed by atoms with E-state index in [1.54, 1.807) is 0 Å². The Morgan fingerprint density at radius 3 is 2.80 bits per heavy atom. The van der Waals surface area contributed by atoms with Crippen LogP contribution in [0.4, 0.5) is 0 Å². The molecule has 2 heterocycles. The van der Waals surface area contributed by atoms with Crippen LogP contribution in [0.15, 0.2) is 12.1 Å². The Kier molecular flexibility index (Phi) is 6.49. The van der Waals surface area contributed by atoms with Crippen LogP contribution in [0.2, 0.25) is 0 Å². The number of amides is 1. The first-order chi connectivity index (χ1) is 9.02. The summed E-state index contributed by atoms with van der Waals surface area (Å²) in [5, 5.41) is 0. The number of halogens is 1. The van der Waals surface area contributed by atoms with E-state index in [1.807, 2.05) is 16.2 Å². The Morgan fingerprint density at radius 2 is 2.25 bits per heavy atom. The van der Waals surface area contributed by atoms with Crippen LogP contribution in [-0.2, 0) is 11.2 Å². The zero-order valence-corrected chi connectivity index (χ0v) is 14.0. The van der Waals surface area contributed by atoms with E-state index in [1.165, 1.54) is 9.75 Å². The molecule has 114 valence electrons. The van der Waals surface area contributed by atoms with E-state index in [0.717, 1.165) is 32.4 Å². The van der Waals surface area contributed by atoms with Crippen molar-refractivity contribution in [3.8, 4) is 0 Å². The van der Waals surface area contributed by atoms with Gasteiger partial charge in [0.25, 0.3) is 0 Å². The lowest BCUT2D eigenvalue weighted by Crippen LogP contribution is -2.34. The second-order valence-electron chi connectivity index (χ2n) is 5.95. The lowest BCUT2D eigenvalue weighted by molar-refractivity contribution is -0.130. The average Bonchev–Trinajstić information content (AvgIpc) is 2.97. The third-order valence-electron chi connectivity index (χ3n) is 4.01. The standard InChI is InChI=1S/C15H24N2OS.ClH/c1-12-6-7-13(19-12)4-3-5-14(18)17-9-8-15(2,10-16)11-17;/h6-7H,3-5,8-11,16H2,1-2H3;1H. The van der Waals surface area contributed by atoms with Crippen LogP contribution in [0, 0.1) is 12.3 Å². The summed E-state index contributed by atoms with van der Waals surface area (Å²) in [6, 6.07) is 4.32. The first-order valence-corrected chi connectivity index (χ1v) is 7.87. The van der Waals surface area contributed by atoms with Crippen LogP contribution >= 0.6 is 23.7 Å². The molecule has 1 unspecified atom stereocenters. The van der Waals surface area contributed by atoms with Crippen molar-refractivity contribution in [1.29, 1.82) is 0 Å². The van der Waals surface area contributed by atoms with E-state index in [4.69, 9.17) is 5.73 Å². The molecule has 0 aliphatic carbocycles. The maximum atomic E-state index is 12.1. The zero-order chi connectivity index (χ0) is 13.9. The molecule has 3 nitrogen and oxygen atoms in total. The predicted molar refractivity (Wildman–Crippen MR) is 87.6 cm³/mol. The molecule has 2 N–H and O–H groups in total. The maximum Gasteiger partial charge on any atom is 0.222 e. The number of carbonyl (C=O) groups is 1. The van der Waals surface area contributed by atoms with Crippen LogP contribution in [0.1, 0.15) is 35.9 Å². The van der Waals surface area contributed by atoms with Gasteiger partial charge in [0.1, 0.15) is 0 Å². The summed E-state index contributed by atoms with van der Waals surface area (Å²) in [6.45, 7) is 6.68. The van der Waals surface area contributed by atoms with E-state index < -0.39 is 0 Å². The Morgan fingerprint density at radius 1 is 1.50 bits per heavy atom. The van der Waals surface area contributed by atoms with Gasteiger partial charge in [-0.2, -0.15) is 0 Å². The molecule has 1 aliphatic rings. The van der Waals surface area contributed by atoms with Crippen molar-refractivity contribution < 1.29 is 4.79 Å². The fourth-order valence-electron chi connectivity index (χ4n) is 2.59. The van der Waals surface area contributed by atoms with Gasteiger partial charge in [-0.25, -0.2) is 0 Å². The molecule has 1 saturated heterocycles. The smallest absolute Gasteiger partial charge is 0.222 e. The highest BCUT2D eigenvalue weighted by atomic mass is 35.5. The number of hydrogen-bond acceptors (Lipinski definition) is 3. The Labute approximate surface area is 131 Å². The number of thiophene rings is 1. The largest absolute Gasteiger partial charge is 0.342 e. The van der Waals surface area contributed by atoms with Crippen molar-refractivity contribution in [2.24, 2.45) is 11.1 Å². The van der Waals surface area contributed by atoms with Gasteiger partial charge >= 0.3 is 0 Å². The summed E-state index contributed by atoms with van der Waals surface area (Å²) >= 11 is 1.83. The summed E-state index contributed by atoms with van der Waals surface area (Å²) in [4.78, 5) is 16.9. The monoisotopic (exact) mass is 316 g/mol. The topological polar surface area (TPSA) is 46.3 Å². The molecular weight excluding hydrogens is 292 g/mol. The second-order valence-corrected chi connectivity index (χ2v) is 7.32. The van der Waals surface area contributed by atoms with Gasteiger partial charge < -0.3 is 10.6 Å². The molecule has 2 rings (SSSR count). The molecule has 1 amide bonds. The van der Waals surface area contributed by atoms with Gasteiger partial charge in [0, 0.05) is 29.3 Å². The number of aryl methyl sites for hydroxylation is 2. The first kappa shape index (κ1) is 17.5. The number of nitrogens with zero attached hydrogens (tertiary/aromatic N) is 1. The van der Waals surface area contributed by atoms with E-state index in [9.17, 15) is 4.79 Å². The summed E-state index contributed by atoms with van der Waals surface area (Å²) < 4.78 is 0. The Balaban J connectivity index is 0.00000200. The molecule has 1 fully saturated rings. The summed E-state index contributed by atoms with van der Waals surface area (Å²) in [5.74, 6) is 0.297. The second kappa shape index (κ2) is 7.43. The van der Waals surface area contributed by atoms with Crippen molar-refractivity contribution in [2.45, 2.75) is 39.5 Å². The van der Waals surface area contributed by atoms with Crippen molar-refractivity contribution in [3.63, 3.8) is 0 Å². The van der Waals surface area contributed by atoms with Crippen LogP contribution in [0.5, 0.6) is 0 Å². The van der Waals surface area contributed by atoms with Gasteiger partial charge in [-0.1, -0.05) is 6.92 Å². The molecule has 0 saturated carbocycles. The summed E-state index contributed by atoms with van der Waals surface area (Å²) in [6.07, 6.45) is 3.68. The minimum absolute atomic E-state index is 0. The third-order valence-corrected chi connectivity index (χ3v) is 5.07. The Hall–Kier alpha value is -0.580. The number of hydrogen-bond donors (Lipinski definition) is 1. The summed E-state index contributed by atoms with van der Waals surface area (Å²) in [5.41, 5.74) is 5.91. The molecule has 1 aliphatic heterocycles. The molecule has 1 aromatic rings. The lowest BCUT2D eigenvalue weighted by Gasteiger charge is -2.22. The predicted octanol–water partition coefficient (Wildman–Crippen LogP) is 3.00. The van der Waals surface area contributed by atoms with Crippen molar-refractivity contribution >= 4 is 29.7 Å². The van der Waals surface area contributed by atoms with E-state index in [-0.39, 0.29) is 17.8 Å². The molecule has 1 aromatic heterocycles. The van der Waals surface area contributed by atoms with E-state index >= 15 is 0 Å². The van der Waals surface area contributed by atoms with Gasteiger partial charge in [0.15, 0.2) is 0 Å². The van der Waals surface area contributed by atoms with Crippen molar-refractivity contribution in [1.82, 2.24) is 4.90 Å². The molecule has 1 atom stereocenters. The number of rotatable bonds is 5. The average molecular weight is 317 g/mol. The Bertz CT molecular complexity index is 449. The summed E-state index contributed by atoms with van der Waals surface area (Å²) in [7, 11) is 0. The molecule has 0 bridgehead atoms. The van der Waals surface area contributed by atoms with Crippen LogP contribution < -0.4 is 5.73 Å². The van der Waals surface area contributed by atoms with Gasteiger partial charge in [-0.05, 0) is 50.3 Å². The zero-order valence-electron chi connectivity index (χ0n) is 12.4. The third kappa shape index (κ3) is 4.47. The fraction of sp³-hybridized carbons (Fsp3) is 0.667. The van der Waals surface area contributed by atoms with Gasteiger partial charge in [0.2, 0.25) is 5.91 Å². The maximum absolute atomic E-state index is 12.1. The highest BCUT2D eigenvalue weighted by Crippen LogP contribution is 2.29. The van der Waals surface area contributed by atoms with Crippen LogP contribution in [-0.4, -0.2) is 30.4 Å². The molecule has 0 aromatic carbocycles. The van der Waals surface area contributed by atoms with E-state index in [2.05, 4.69) is 26.0 Å². The minimum atomic E-state index is 0. The van der Waals surface area contributed by atoms with Crippen molar-refractivity contribution in [2.75, 3.05) is 19.6 Å². The molecule has 5 heteroatoms. The van der Waals surface area contributed by atoms with Crippen molar-refractivity contribution in [3.05, 3.63) is 21.9 Å². The van der Waals surface area contributed by atoms with Gasteiger partial charge in [0.05, 0.1) is 0 Å². The number of carbonyl (C=O) groups excluding carboxylic acids is 1.